The van der Waals surface area contributed by atoms with Gasteiger partial charge in [0, 0.05) is 11.6 Å². The second kappa shape index (κ2) is 7.63. The van der Waals surface area contributed by atoms with Crippen molar-refractivity contribution in [1.29, 1.82) is 5.41 Å². The van der Waals surface area contributed by atoms with Crippen LogP contribution in [0.4, 0.5) is 9.18 Å². The highest BCUT2D eigenvalue weighted by molar-refractivity contribution is 8.15. The maximum absolute atomic E-state index is 14.0. The first kappa shape index (κ1) is 17.0. The van der Waals surface area contributed by atoms with E-state index < -0.39 is 17.7 Å². The van der Waals surface area contributed by atoms with Gasteiger partial charge in [0.05, 0.1) is 19.4 Å². The lowest BCUT2D eigenvalue weighted by Crippen LogP contribution is -2.15. The summed E-state index contributed by atoms with van der Waals surface area (Å²) in [6.07, 6.45) is 0.690. The van der Waals surface area contributed by atoms with Crippen LogP contribution in [0, 0.1) is 11.2 Å². The van der Waals surface area contributed by atoms with Crippen molar-refractivity contribution in [3.63, 3.8) is 0 Å². The third-order valence-electron chi connectivity index (χ3n) is 2.38. The van der Waals surface area contributed by atoms with Gasteiger partial charge in [0.2, 0.25) is 0 Å². The van der Waals surface area contributed by atoms with Gasteiger partial charge in [0.1, 0.15) is 10.8 Å². The van der Waals surface area contributed by atoms with E-state index in [0.29, 0.717) is 6.61 Å². The quantitative estimate of drug-likeness (QED) is 0.658. The van der Waals surface area contributed by atoms with Crippen LogP contribution in [0.25, 0.3) is 0 Å². The first-order valence-corrected chi connectivity index (χ1v) is 7.12. The van der Waals surface area contributed by atoms with E-state index in [9.17, 15) is 14.3 Å². The van der Waals surface area contributed by atoms with Gasteiger partial charge >= 0.3 is 6.09 Å². The molecule has 0 aromatic heterocycles. The summed E-state index contributed by atoms with van der Waals surface area (Å²) in [6, 6.07) is 2.38. The monoisotopic (exact) mass is 314 g/mol. The molecule has 1 aromatic rings. The molecule has 0 saturated heterocycles. The molecule has 0 bridgehead atoms. The number of carbonyl (C=O) groups is 1. The average molecular weight is 314 g/mol. The van der Waals surface area contributed by atoms with E-state index in [1.165, 1.54) is 6.07 Å². The molecular weight excluding hydrogens is 299 g/mol. The summed E-state index contributed by atoms with van der Waals surface area (Å²) in [5.74, 6) is -1.40. The number of hydrogen-bond acceptors (Lipinski definition) is 6. The van der Waals surface area contributed by atoms with Gasteiger partial charge in [-0.05, 0) is 19.2 Å². The molecule has 21 heavy (non-hydrogen) atoms. The minimum Gasteiger partial charge on any atom is -0.505 e. The number of aliphatic imine (C=N–C) groups is 1. The minimum atomic E-state index is -0.977. The Labute approximate surface area is 125 Å². The van der Waals surface area contributed by atoms with Crippen LogP contribution in [-0.4, -0.2) is 41.9 Å². The van der Waals surface area contributed by atoms with Crippen molar-refractivity contribution in [3.8, 4) is 11.5 Å². The first-order valence-electron chi connectivity index (χ1n) is 5.89. The topological polar surface area (TPSA) is 92.0 Å². The Morgan fingerprint density at radius 3 is 2.71 bits per heavy atom. The fraction of sp³-hybridized carbons (Fsp3) is 0.308. The summed E-state index contributed by atoms with van der Waals surface area (Å²) in [4.78, 5) is 14.7. The third kappa shape index (κ3) is 4.19. The van der Waals surface area contributed by atoms with E-state index in [0.717, 1.165) is 24.9 Å². The SMILES string of the molecule is CCOc1cc(O)c(F)c(C(=N)C(=NC(=O)OC)SC)c1. The van der Waals surface area contributed by atoms with Crippen LogP contribution in [0.3, 0.4) is 0 Å². The number of methoxy groups -OCH3 is 1. The summed E-state index contributed by atoms with van der Waals surface area (Å²) < 4.78 is 23.5. The molecule has 1 aromatic carbocycles. The molecular formula is C13H15FN2O4S. The molecule has 0 atom stereocenters. The molecule has 8 heteroatoms. The molecule has 0 heterocycles. The van der Waals surface area contributed by atoms with Crippen molar-refractivity contribution in [2.45, 2.75) is 6.92 Å². The number of hydrogen-bond donors (Lipinski definition) is 2. The molecule has 0 saturated carbocycles. The van der Waals surface area contributed by atoms with Gasteiger partial charge in [-0.3, -0.25) is 5.41 Å². The molecule has 1 amide bonds. The molecule has 1 rings (SSSR count). The Morgan fingerprint density at radius 1 is 1.52 bits per heavy atom. The van der Waals surface area contributed by atoms with Crippen molar-refractivity contribution >= 4 is 28.6 Å². The number of ether oxygens (including phenoxy) is 2. The lowest BCUT2D eigenvalue weighted by molar-refractivity contribution is 0.183. The highest BCUT2D eigenvalue weighted by Crippen LogP contribution is 2.27. The van der Waals surface area contributed by atoms with E-state index >= 15 is 0 Å². The molecule has 114 valence electrons. The number of thioether (sulfide) groups is 1. The molecule has 0 fully saturated rings. The average Bonchev–Trinajstić information content (AvgIpc) is 2.47. The predicted molar refractivity (Wildman–Crippen MR) is 79.4 cm³/mol. The smallest absolute Gasteiger partial charge is 0.434 e. The van der Waals surface area contributed by atoms with Crippen LogP contribution in [0.5, 0.6) is 11.5 Å². The second-order valence-corrected chi connectivity index (χ2v) is 4.50. The summed E-state index contributed by atoms with van der Waals surface area (Å²) in [7, 11) is 1.15. The third-order valence-corrected chi connectivity index (χ3v) is 3.06. The van der Waals surface area contributed by atoms with Gasteiger partial charge < -0.3 is 14.6 Å². The number of nitrogens with zero attached hydrogens (tertiary/aromatic N) is 1. The Morgan fingerprint density at radius 2 is 2.19 bits per heavy atom. The van der Waals surface area contributed by atoms with Gasteiger partial charge in [-0.15, -0.1) is 11.8 Å². The molecule has 2 N–H and O–H groups in total. The maximum Gasteiger partial charge on any atom is 0.434 e. The van der Waals surface area contributed by atoms with Crippen LogP contribution in [0.15, 0.2) is 17.1 Å². The van der Waals surface area contributed by atoms with E-state index in [2.05, 4.69) is 9.73 Å². The second-order valence-electron chi connectivity index (χ2n) is 3.70. The number of benzene rings is 1. The van der Waals surface area contributed by atoms with E-state index in [1.807, 2.05) is 0 Å². The highest BCUT2D eigenvalue weighted by atomic mass is 32.2. The first-order chi connectivity index (χ1) is 9.94. The van der Waals surface area contributed by atoms with E-state index in [-0.39, 0.29) is 22.1 Å². The fourth-order valence-electron chi connectivity index (χ4n) is 1.46. The molecule has 0 spiro atoms. The minimum absolute atomic E-state index is 0.0335. The number of halogens is 1. The Kier molecular flexibility index (Phi) is 6.16. The van der Waals surface area contributed by atoms with Crippen molar-refractivity contribution in [2.24, 2.45) is 4.99 Å². The van der Waals surface area contributed by atoms with Crippen LogP contribution < -0.4 is 4.74 Å². The number of aromatic hydroxyl groups is 1. The van der Waals surface area contributed by atoms with Gasteiger partial charge in [0.15, 0.2) is 11.6 Å². The summed E-state index contributed by atoms with van der Waals surface area (Å²) in [5, 5.41) is 17.5. The number of nitrogens with one attached hydrogen (secondary N) is 1. The summed E-state index contributed by atoms with van der Waals surface area (Å²) in [5.41, 5.74) is -0.558. The lowest BCUT2D eigenvalue weighted by Gasteiger charge is -2.11. The van der Waals surface area contributed by atoms with Crippen LogP contribution in [0.2, 0.25) is 0 Å². The van der Waals surface area contributed by atoms with E-state index in [1.54, 1.807) is 13.2 Å². The van der Waals surface area contributed by atoms with Gasteiger partial charge in [-0.2, -0.15) is 4.99 Å². The molecule has 0 radical (unpaired) electrons. The van der Waals surface area contributed by atoms with E-state index in [4.69, 9.17) is 10.1 Å². The zero-order valence-electron chi connectivity index (χ0n) is 11.8. The number of carbonyl (C=O) groups excluding carboxylic acids is 1. The Bertz CT molecular complexity index is 590. The molecule has 0 aliphatic heterocycles. The number of rotatable bonds is 4. The largest absolute Gasteiger partial charge is 0.505 e. The predicted octanol–water partition coefficient (Wildman–Crippen LogP) is 2.83. The van der Waals surface area contributed by atoms with Crippen molar-refractivity contribution in [3.05, 3.63) is 23.5 Å². The molecule has 0 unspecified atom stereocenters. The van der Waals surface area contributed by atoms with Crippen LogP contribution in [0.1, 0.15) is 12.5 Å². The normalized spacial score (nSPS) is 11.1. The lowest BCUT2D eigenvalue weighted by atomic mass is 10.1. The molecule has 6 nitrogen and oxygen atoms in total. The Hall–Kier alpha value is -2.09. The van der Waals surface area contributed by atoms with Gasteiger partial charge in [0.25, 0.3) is 0 Å². The summed E-state index contributed by atoms with van der Waals surface area (Å²) in [6.45, 7) is 2.06. The van der Waals surface area contributed by atoms with Crippen molar-refractivity contribution in [1.82, 2.24) is 0 Å². The zero-order chi connectivity index (χ0) is 16.0. The van der Waals surface area contributed by atoms with Crippen molar-refractivity contribution in [2.75, 3.05) is 20.0 Å². The molecule has 0 aliphatic rings. The number of amides is 1. The van der Waals surface area contributed by atoms with Crippen molar-refractivity contribution < 1.29 is 23.8 Å². The number of phenols is 1. The van der Waals surface area contributed by atoms with Gasteiger partial charge in [-0.25, -0.2) is 9.18 Å². The maximum atomic E-state index is 14.0. The Balaban J connectivity index is 3.27. The van der Waals surface area contributed by atoms with Gasteiger partial charge in [-0.1, -0.05) is 0 Å². The van der Waals surface area contributed by atoms with Crippen LogP contribution >= 0.6 is 11.8 Å². The molecule has 0 aliphatic carbocycles. The summed E-state index contributed by atoms with van der Waals surface area (Å²) >= 11 is 0.986. The fourth-order valence-corrected chi connectivity index (χ4v) is 1.94. The highest BCUT2D eigenvalue weighted by Gasteiger charge is 2.19. The van der Waals surface area contributed by atoms with Crippen LogP contribution in [-0.2, 0) is 4.74 Å². The zero-order valence-corrected chi connectivity index (χ0v) is 12.6. The number of phenolic OH excluding ortho intramolecular Hbond substituents is 1. The standard InChI is InChI=1S/C13H15FN2O4S/c1-4-20-7-5-8(10(14)9(17)6-7)11(15)12(21-3)16-13(18)19-2/h5-6,15,17H,4H2,1-3H3.